The minimum Gasteiger partial charge on any atom is -0.293 e. The molecule has 168 valence electrons. The van der Waals surface area contributed by atoms with E-state index in [0.717, 1.165) is 22.4 Å². The van der Waals surface area contributed by atoms with Gasteiger partial charge in [0.15, 0.2) is 5.78 Å². The molecule has 0 saturated heterocycles. The number of rotatable bonds is 6. The lowest BCUT2D eigenvalue weighted by Crippen LogP contribution is -2.10. The molecule has 0 aliphatic carbocycles. The van der Waals surface area contributed by atoms with E-state index in [0.29, 0.717) is 16.2 Å². The first kappa shape index (κ1) is 23.5. The molecule has 3 aromatic carbocycles. The summed E-state index contributed by atoms with van der Waals surface area (Å²) < 4.78 is 0. The topological polar surface area (TPSA) is 53.8 Å². The first-order valence-corrected chi connectivity index (χ1v) is 12.2. The van der Waals surface area contributed by atoms with E-state index in [1.54, 1.807) is 0 Å². The van der Waals surface area contributed by atoms with Crippen molar-refractivity contribution in [3.63, 3.8) is 0 Å². The maximum atomic E-state index is 12.7. The number of hydrogen-bond acceptors (Lipinski definition) is 4. The second kappa shape index (κ2) is 10.1. The molecular weight excluding hydrogens is 436 g/mol. The number of Topliss-reactive ketones (excluding diaryl/α,β-unsaturated/α-hetero) is 1. The number of thioether (sulfide) groups is 1. The summed E-state index contributed by atoms with van der Waals surface area (Å²) in [5.74, 6) is 0.226. The van der Waals surface area contributed by atoms with Crippen molar-refractivity contribution in [2.24, 2.45) is 0 Å². The molecule has 4 aromatic rings. The Labute approximate surface area is 205 Å². The van der Waals surface area contributed by atoms with Crippen LogP contribution in [0.3, 0.4) is 0 Å². The zero-order valence-electron chi connectivity index (χ0n) is 19.6. The van der Waals surface area contributed by atoms with E-state index in [1.165, 1.54) is 17.3 Å². The van der Waals surface area contributed by atoms with E-state index < -0.39 is 0 Å². The first-order valence-electron chi connectivity index (χ1n) is 11.2. The van der Waals surface area contributed by atoms with Gasteiger partial charge in [-0.2, -0.15) is 5.26 Å². The van der Waals surface area contributed by atoms with Crippen LogP contribution in [0.25, 0.3) is 22.4 Å². The van der Waals surface area contributed by atoms with E-state index in [1.807, 2.05) is 66.7 Å². The first-order chi connectivity index (χ1) is 16.4. The summed E-state index contributed by atoms with van der Waals surface area (Å²) in [6.45, 7) is 6.55. The van der Waals surface area contributed by atoms with Crippen molar-refractivity contribution >= 4 is 17.5 Å². The average molecular weight is 463 g/mol. The summed E-state index contributed by atoms with van der Waals surface area (Å²) >= 11 is 1.32. The van der Waals surface area contributed by atoms with Crippen LogP contribution in [0.15, 0.2) is 96.0 Å². The van der Waals surface area contributed by atoms with Crippen LogP contribution in [0, 0.1) is 11.3 Å². The Kier molecular flexibility index (Phi) is 6.95. The molecule has 0 atom stereocenters. The number of aromatic nitrogens is 1. The van der Waals surface area contributed by atoms with Gasteiger partial charge in [0.25, 0.3) is 0 Å². The van der Waals surface area contributed by atoms with Gasteiger partial charge in [0.05, 0.1) is 17.0 Å². The van der Waals surface area contributed by atoms with Crippen LogP contribution in [0.1, 0.15) is 42.3 Å². The molecule has 3 nitrogen and oxygen atoms in total. The fraction of sp³-hybridized carbons (Fsp3) is 0.167. The Morgan fingerprint density at radius 2 is 1.50 bits per heavy atom. The second-order valence-corrected chi connectivity index (χ2v) is 10.1. The van der Waals surface area contributed by atoms with E-state index in [2.05, 4.69) is 51.1 Å². The third-order valence-corrected chi connectivity index (χ3v) is 6.64. The number of benzene rings is 3. The van der Waals surface area contributed by atoms with Crippen molar-refractivity contribution in [3.8, 4) is 28.5 Å². The third-order valence-electron chi connectivity index (χ3n) is 5.67. The number of nitrogens with zero attached hydrogens (tertiary/aromatic N) is 2. The van der Waals surface area contributed by atoms with Crippen LogP contribution in [0.4, 0.5) is 0 Å². The largest absolute Gasteiger partial charge is 0.293 e. The highest BCUT2D eigenvalue weighted by Gasteiger charge is 2.19. The molecular formula is C30H26N2OS. The van der Waals surface area contributed by atoms with Crippen molar-refractivity contribution in [1.82, 2.24) is 4.98 Å². The molecule has 34 heavy (non-hydrogen) atoms. The molecule has 4 heteroatoms. The van der Waals surface area contributed by atoms with Crippen LogP contribution in [0.2, 0.25) is 0 Å². The normalized spacial score (nSPS) is 11.1. The van der Waals surface area contributed by atoms with Crippen molar-refractivity contribution in [3.05, 3.63) is 108 Å². The number of hydrogen-bond donors (Lipinski definition) is 0. The van der Waals surface area contributed by atoms with Crippen molar-refractivity contribution < 1.29 is 4.79 Å². The Balaban J connectivity index is 1.77. The maximum Gasteiger partial charge on any atom is 0.173 e. The molecule has 1 aromatic heterocycles. The van der Waals surface area contributed by atoms with Crippen molar-refractivity contribution in [2.75, 3.05) is 5.75 Å². The standard InChI is InChI=1S/C30H26N2OS/c1-30(2,3)24-16-14-21(15-17-24)25-18-27(22-10-6-4-7-11-22)32-29(26(25)19-31)34-20-28(33)23-12-8-5-9-13-23/h4-18H,20H2,1-3H3. The van der Waals surface area contributed by atoms with Gasteiger partial charge in [-0.3, -0.25) is 4.79 Å². The van der Waals surface area contributed by atoms with Crippen molar-refractivity contribution in [2.45, 2.75) is 31.2 Å². The Morgan fingerprint density at radius 3 is 2.09 bits per heavy atom. The van der Waals surface area contributed by atoms with Gasteiger partial charge in [-0.1, -0.05) is 117 Å². The number of carbonyl (C=O) groups excluding carboxylic acids is 1. The quantitative estimate of drug-likeness (QED) is 0.219. The van der Waals surface area contributed by atoms with Gasteiger partial charge < -0.3 is 0 Å². The molecule has 0 aliphatic rings. The van der Waals surface area contributed by atoms with Crippen molar-refractivity contribution in [1.29, 1.82) is 5.26 Å². The molecule has 0 saturated carbocycles. The van der Waals surface area contributed by atoms with E-state index in [9.17, 15) is 10.1 Å². The van der Waals surface area contributed by atoms with Crippen LogP contribution < -0.4 is 0 Å². The Bertz CT molecular complexity index is 1330. The van der Waals surface area contributed by atoms with Gasteiger partial charge in [-0.15, -0.1) is 0 Å². The van der Waals surface area contributed by atoms with Crippen LogP contribution >= 0.6 is 11.8 Å². The van der Waals surface area contributed by atoms with Gasteiger partial charge in [0.2, 0.25) is 0 Å². The van der Waals surface area contributed by atoms with Gasteiger partial charge in [0, 0.05) is 16.7 Å². The van der Waals surface area contributed by atoms with Gasteiger partial charge in [0.1, 0.15) is 11.1 Å². The zero-order chi connectivity index (χ0) is 24.1. The molecule has 0 radical (unpaired) electrons. The highest BCUT2D eigenvalue weighted by atomic mass is 32.2. The number of carbonyl (C=O) groups is 1. The van der Waals surface area contributed by atoms with Gasteiger partial charge >= 0.3 is 0 Å². The molecule has 0 spiro atoms. The number of pyridine rings is 1. The van der Waals surface area contributed by atoms with Crippen LogP contribution in [-0.2, 0) is 5.41 Å². The zero-order valence-corrected chi connectivity index (χ0v) is 20.4. The Morgan fingerprint density at radius 1 is 0.882 bits per heavy atom. The van der Waals surface area contributed by atoms with E-state index in [-0.39, 0.29) is 17.0 Å². The summed E-state index contributed by atoms with van der Waals surface area (Å²) in [4.78, 5) is 17.5. The summed E-state index contributed by atoms with van der Waals surface area (Å²) in [5.41, 5.74) is 5.96. The van der Waals surface area contributed by atoms with Crippen LogP contribution in [-0.4, -0.2) is 16.5 Å². The second-order valence-electron chi connectivity index (χ2n) is 9.12. The van der Waals surface area contributed by atoms with Gasteiger partial charge in [-0.05, 0) is 22.6 Å². The molecule has 4 rings (SSSR count). The summed E-state index contributed by atoms with van der Waals surface area (Å²) in [7, 11) is 0. The SMILES string of the molecule is CC(C)(C)c1ccc(-c2cc(-c3ccccc3)nc(SCC(=O)c3ccccc3)c2C#N)cc1. The summed E-state index contributed by atoms with van der Waals surface area (Å²) in [6.07, 6.45) is 0. The molecule has 0 N–H and O–H groups in total. The molecule has 0 aliphatic heterocycles. The van der Waals surface area contributed by atoms with E-state index >= 15 is 0 Å². The minimum absolute atomic E-state index is 0.0116. The fourth-order valence-electron chi connectivity index (χ4n) is 3.71. The highest BCUT2D eigenvalue weighted by Crippen LogP contribution is 2.35. The summed E-state index contributed by atoms with van der Waals surface area (Å²) in [6, 6.07) is 31.8. The third kappa shape index (κ3) is 5.27. The lowest BCUT2D eigenvalue weighted by molar-refractivity contribution is 0.102. The molecule has 0 unspecified atom stereocenters. The Hall–Kier alpha value is -3.68. The fourth-order valence-corrected chi connectivity index (χ4v) is 4.61. The molecule has 0 fully saturated rings. The van der Waals surface area contributed by atoms with Gasteiger partial charge in [-0.25, -0.2) is 4.98 Å². The predicted molar refractivity (Wildman–Crippen MR) is 140 cm³/mol. The average Bonchev–Trinajstić information content (AvgIpc) is 2.87. The predicted octanol–water partition coefficient (Wildman–Crippen LogP) is 7.56. The monoisotopic (exact) mass is 462 g/mol. The molecule has 0 bridgehead atoms. The lowest BCUT2D eigenvalue weighted by Gasteiger charge is -2.19. The maximum absolute atomic E-state index is 12.7. The molecule has 0 amide bonds. The minimum atomic E-state index is 0.0116. The molecule has 1 heterocycles. The lowest BCUT2D eigenvalue weighted by atomic mass is 9.86. The number of nitriles is 1. The summed E-state index contributed by atoms with van der Waals surface area (Å²) in [5, 5.41) is 10.7. The van der Waals surface area contributed by atoms with E-state index in [4.69, 9.17) is 4.98 Å². The highest BCUT2D eigenvalue weighted by molar-refractivity contribution is 8.00. The van der Waals surface area contributed by atoms with Crippen LogP contribution in [0.5, 0.6) is 0 Å². The smallest absolute Gasteiger partial charge is 0.173 e. The number of ketones is 1.